The highest BCUT2D eigenvalue weighted by atomic mass is 16.5. The summed E-state index contributed by atoms with van der Waals surface area (Å²) in [7, 11) is 1.60. The fourth-order valence-corrected chi connectivity index (χ4v) is 1.57. The van der Waals surface area contributed by atoms with Crippen LogP contribution in [0.2, 0.25) is 0 Å². The van der Waals surface area contributed by atoms with E-state index >= 15 is 0 Å². The van der Waals surface area contributed by atoms with Crippen LogP contribution in [-0.2, 0) is 4.74 Å². The molecule has 0 fully saturated rings. The van der Waals surface area contributed by atoms with Crippen LogP contribution in [0.3, 0.4) is 0 Å². The van der Waals surface area contributed by atoms with E-state index < -0.39 is 0 Å². The molecule has 6 heteroatoms. The lowest BCUT2D eigenvalue weighted by Crippen LogP contribution is -2.26. The van der Waals surface area contributed by atoms with Gasteiger partial charge in [-0.15, -0.1) is 0 Å². The molecule has 6 nitrogen and oxygen atoms in total. The smallest absolute Gasteiger partial charge is 0.251 e. The minimum atomic E-state index is -0.121. The molecule has 2 aromatic rings. The number of ether oxygens (including phenoxy) is 1. The van der Waals surface area contributed by atoms with Gasteiger partial charge in [-0.1, -0.05) is 0 Å². The summed E-state index contributed by atoms with van der Waals surface area (Å²) in [5.41, 5.74) is 1.42. The summed E-state index contributed by atoms with van der Waals surface area (Å²) in [6.07, 6.45) is 3.32. The van der Waals surface area contributed by atoms with Crippen molar-refractivity contribution >= 4 is 17.5 Å². The van der Waals surface area contributed by atoms with Gasteiger partial charge in [0, 0.05) is 37.3 Å². The molecule has 1 aromatic heterocycles. The molecular weight excluding hydrogens is 256 g/mol. The average Bonchev–Trinajstić information content (AvgIpc) is 2.49. The number of carbonyl (C=O) groups is 1. The van der Waals surface area contributed by atoms with Crippen LogP contribution in [0.4, 0.5) is 11.6 Å². The van der Waals surface area contributed by atoms with Gasteiger partial charge < -0.3 is 15.4 Å². The molecule has 0 aliphatic carbocycles. The van der Waals surface area contributed by atoms with E-state index in [-0.39, 0.29) is 5.91 Å². The van der Waals surface area contributed by atoms with Crippen LogP contribution in [0, 0.1) is 0 Å². The van der Waals surface area contributed by atoms with Crippen molar-refractivity contribution in [3.63, 3.8) is 0 Å². The van der Waals surface area contributed by atoms with Crippen molar-refractivity contribution in [3.8, 4) is 0 Å². The lowest BCUT2D eigenvalue weighted by Gasteiger charge is -2.06. The molecule has 0 spiro atoms. The zero-order valence-electron chi connectivity index (χ0n) is 11.2. The molecule has 1 aromatic carbocycles. The Morgan fingerprint density at radius 2 is 1.90 bits per heavy atom. The van der Waals surface area contributed by atoms with Crippen LogP contribution >= 0.6 is 0 Å². The maximum atomic E-state index is 11.8. The summed E-state index contributed by atoms with van der Waals surface area (Å²) >= 11 is 0. The fraction of sp³-hybridized carbons (Fsp3) is 0.214. The van der Waals surface area contributed by atoms with Gasteiger partial charge in [0.15, 0.2) is 0 Å². The van der Waals surface area contributed by atoms with Crippen molar-refractivity contribution in [2.24, 2.45) is 0 Å². The van der Waals surface area contributed by atoms with Crippen LogP contribution in [0.1, 0.15) is 10.4 Å². The number of aromatic nitrogens is 2. The third-order valence-corrected chi connectivity index (χ3v) is 2.56. The van der Waals surface area contributed by atoms with Crippen LogP contribution in [-0.4, -0.2) is 36.1 Å². The topological polar surface area (TPSA) is 76.1 Å². The van der Waals surface area contributed by atoms with E-state index in [0.29, 0.717) is 24.7 Å². The SMILES string of the molecule is COCCNC(=O)c1ccc(Nc2ncccn2)cc1. The van der Waals surface area contributed by atoms with Gasteiger partial charge in [0.2, 0.25) is 5.95 Å². The summed E-state index contributed by atoms with van der Waals surface area (Å²) in [6.45, 7) is 0.990. The Balaban J connectivity index is 1.94. The van der Waals surface area contributed by atoms with Crippen LogP contribution in [0.15, 0.2) is 42.7 Å². The number of methoxy groups -OCH3 is 1. The second kappa shape index (κ2) is 7.20. The van der Waals surface area contributed by atoms with Gasteiger partial charge in [-0.05, 0) is 30.3 Å². The standard InChI is InChI=1S/C14H16N4O2/c1-20-10-9-15-13(19)11-3-5-12(6-4-11)18-14-16-7-2-8-17-14/h2-8H,9-10H2,1H3,(H,15,19)(H,16,17,18). The molecule has 0 aliphatic rings. The monoisotopic (exact) mass is 272 g/mol. The molecule has 0 aliphatic heterocycles. The van der Waals surface area contributed by atoms with Crippen LogP contribution in [0.5, 0.6) is 0 Å². The first-order chi connectivity index (χ1) is 9.79. The predicted molar refractivity (Wildman–Crippen MR) is 76.0 cm³/mol. The van der Waals surface area contributed by atoms with Crippen LogP contribution < -0.4 is 10.6 Å². The predicted octanol–water partition coefficient (Wildman–Crippen LogP) is 1.60. The summed E-state index contributed by atoms with van der Waals surface area (Å²) in [5, 5.41) is 5.81. The Labute approximate surface area is 117 Å². The van der Waals surface area contributed by atoms with Gasteiger partial charge in [0.05, 0.1) is 6.61 Å². The maximum Gasteiger partial charge on any atom is 0.251 e. The molecule has 0 bridgehead atoms. The third kappa shape index (κ3) is 4.03. The molecule has 2 N–H and O–H groups in total. The van der Waals surface area contributed by atoms with Crippen molar-refractivity contribution in [2.45, 2.75) is 0 Å². The number of nitrogens with one attached hydrogen (secondary N) is 2. The molecular formula is C14H16N4O2. The zero-order valence-corrected chi connectivity index (χ0v) is 11.2. The van der Waals surface area contributed by atoms with E-state index in [1.165, 1.54) is 0 Å². The zero-order chi connectivity index (χ0) is 14.2. The first-order valence-corrected chi connectivity index (χ1v) is 6.21. The van der Waals surface area contributed by atoms with E-state index in [4.69, 9.17) is 4.74 Å². The number of carbonyl (C=O) groups excluding carboxylic acids is 1. The number of nitrogens with zero attached hydrogens (tertiary/aromatic N) is 2. The van der Waals surface area contributed by atoms with Crippen molar-refractivity contribution in [1.29, 1.82) is 0 Å². The van der Waals surface area contributed by atoms with Crippen molar-refractivity contribution in [2.75, 3.05) is 25.6 Å². The van der Waals surface area contributed by atoms with Gasteiger partial charge in [0.1, 0.15) is 0 Å². The number of anilines is 2. The molecule has 0 unspecified atom stereocenters. The van der Waals surface area contributed by atoms with Gasteiger partial charge in [-0.2, -0.15) is 0 Å². The van der Waals surface area contributed by atoms with Gasteiger partial charge in [-0.3, -0.25) is 4.79 Å². The van der Waals surface area contributed by atoms with E-state index in [0.717, 1.165) is 5.69 Å². The first-order valence-electron chi connectivity index (χ1n) is 6.21. The quantitative estimate of drug-likeness (QED) is 0.781. The molecule has 1 amide bonds. The van der Waals surface area contributed by atoms with Crippen molar-refractivity contribution in [1.82, 2.24) is 15.3 Å². The molecule has 2 rings (SSSR count). The second-order valence-electron chi connectivity index (χ2n) is 4.02. The van der Waals surface area contributed by atoms with E-state index in [1.54, 1.807) is 37.7 Å². The molecule has 0 radical (unpaired) electrons. The Bertz CT molecular complexity index is 543. The molecule has 104 valence electrons. The molecule has 0 saturated heterocycles. The summed E-state index contributed by atoms with van der Waals surface area (Å²) in [4.78, 5) is 19.9. The average molecular weight is 272 g/mol. The fourth-order valence-electron chi connectivity index (χ4n) is 1.57. The summed E-state index contributed by atoms with van der Waals surface area (Å²) < 4.78 is 4.87. The number of hydrogen-bond acceptors (Lipinski definition) is 5. The lowest BCUT2D eigenvalue weighted by molar-refractivity contribution is 0.0937. The highest BCUT2D eigenvalue weighted by molar-refractivity contribution is 5.94. The highest BCUT2D eigenvalue weighted by Crippen LogP contribution is 2.13. The summed E-state index contributed by atoms with van der Waals surface area (Å²) in [5.74, 6) is 0.398. The highest BCUT2D eigenvalue weighted by Gasteiger charge is 2.04. The maximum absolute atomic E-state index is 11.8. The van der Waals surface area contributed by atoms with E-state index in [2.05, 4.69) is 20.6 Å². The Hall–Kier alpha value is -2.47. The van der Waals surface area contributed by atoms with Gasteiger partial charge >= 0.3 is 0 Å². The van der Waals surface area contributed by atoms with Crippen molar-refractivity contribution in [3.05, 3.63) is 48.3 Å². The van der Waals surface area contributed by atoms with E-state index in [1.807, 2.05) is 12.1 Å². The van der Waals surface area contributed by atoms with Crippen molar-refractivity contribution < 1.29 is 9.53 Å². The number of rotatable bonds is 6. The number of hydrogen-bond donors (Lipinski definition) is 2. The molecule has 1 heterocycles. The van der Waals surface area contributed by atoms with Gasteiger partial charge in [-0.25, -0.2) is 9.97 Å². The minimum absolute atomic E-state index is 0.121. The van der Waals surface area contributed by atoms with Gasteiger partial charge in [0.25, 0.3) is 5.91 Å². The Morgan fingerprint density at radius 1 is 1.20 bits per heavy atom. The number of benzene rings is 1. The normalized spacial score (nSPS) is 10.1. The van der Waals surface area contributed by atoms with Crippen LogP contribution in [0.25, 0.3) is 0 Å². The second-order valence-corrected chi connectivity index (χ2v) is 4.02. The first kappa shape index (κ1) is 14.0. The lowest BCUT2D eigenvalue weighted by atomic mass is 10.2. The molecule has 0 saturated carbocycles. The third-order valence-electron chi connectivity index (χ3n) is 2.56. The largest absolute Gasteiger partial charge is 0.383 e. The Kier molecular flexibility index (Phi) is 5.02. The summed E-state index contributed by atoms with van der Waals surface area (Å²) in [6, 6.07) is 8.85. The minimum Gasteiger partial charge on any atom is -0.383 e. The molecule has 0 atom stereocenters. The van der Waals surface area contributed by atoms with E-state index in [9.17, 15) is 4.79 Å². The number of amides is 1. The molecule has 20 heavy (non-hydrogen) atoms. The Morgan fingerprint density at radius 3 is 2.55 bits per heavy atom.